The van der Waals surface area contributed by atoms with E-state index in [1.54, 1.807) is 23.5 Å². The molecule has 0 bridgehead atoms. The first-order valence-electron chi connectivity index (χ1n) is 6.33. The predicted octanol–water partition coefficient (Wildman–Crippen LogP) is 4.55. The molecular formula is C17H13NOS. The van der Waals surface area contributed by atoms with Gasteiger partial charge in [0.2, 0.25) is 5.91 Å². The quantitative estimate of drug-likeness (QED) is 0.700. The van der Waals surface area contributed by atoms with E-state index in [0.29, 0.717) is 0 Å². The number of nitrogens with one attached hydrogen (secondary N) is 1. The van der Waals surface area contributed by atoms with E-state index in [9.17, 15) is 4.79 Å². The van der Waals surface area contributed by atoms with E-state index < -0.39 is 0 Å². The number of carbonyl (C=O) groups excluding carboxylic acids is 1. The number of rotatable bonds is 3. The molecule has 3 rings (SSSR count). The van der Waals surface area contributed by atoms with Crippen molar-refractivity contribution in [3.63, 3.8) is 0 Å². The molecule has 3 heteroatoms. The Morgan fingerprint density at radius 2 is 1.90 bits per heavy atom. The summed E-state index contributed by atoms with van der Waals surface area (Å²) in [6, 6.07) is 17.7. The number of benzene rings is 2. The topological polar surface area (TPSA) is 29.1 Å². The minimum atomic E-state index is -0.122. The van der Waals surface area contributed by atoms with Gasteiger partial charge in [0, 0.05) is 16.5 Å². The molecule has 1 N–H and O–H groups in total. The molecule has 20 heavy (non-hydrogen) atoms. The summed E-state index contributed by atoms with van der Waals surface area (Å²) >= 11 is 1.70. The van der Waals surface area contributed by atoms with Gasteiger partial charge in [0.05, 0.1) is 0 Å². The summed E-state index contributed by atoms with van der Waals surface area (Å²) in [5.74, 6) is -0.122. The minimum absolute atomic E-state index is 0.122. The molecule has 0 radical (unpaired) electrons. The zero-order valence-corrected chi connectivity index (χ0v) is 11.6. The van der Waals surface area contributed by atoms with Gasteiger partial charge in [-0.2, -0.15) is 0 Å². The number of anilines is 1. The lowest BCUT2D eigenvalue weighted by molar-refractivity contribution is -0.111. The van der Waals surface area contributed by atoms with E-state index in [1.165, 1.54) is 4.70 Å². The summed E-state index contributed by atoms with van der Waals surface area (Å²) in [6.07, 6.45) is 3.35. The number of carbonyl (C=O) groups is 1. The third kappa shape index (κ3) is 2.95. The fourth-order valence-corrected chi connectivity index (χ4v) is 2.74. The van der Waals surface area contributed by atoms with E-state index in [4.69, 9.17) is 0 Å². The largest absolute Gasteiger partial charge is 0.322 e. The van der Waals surface area contributed by atoms with Crippen molar-refractivity contribution < 1.29 is 4.79 Å². The standard InChI is InChI=1S/C17H13NOS/c19-17(9-6-13-4-2-1-3-5-13)18-15-7-8-16-14(12-15)10-11-20-16/h1-12H,(H,18,19)/b9-6+. The molecule has 0 spiro atoms. The lowest BCUT2D eigenvalue weighted by Crippen LogP contribution is -2.07. The van der Waals surface area contributed by atoms with E-state index in [-0.39, 0.29) is 5.91 Å². The van der Waals surface area contributed by atoms with Gasteiger partial charge in [-0.1, -0.05) is 30.3 Å². The molecule has 0 saturated carbocycles. The van der Waals surface area contributed by atoms with Gasteiger partial charge >= 0.3 is 0 Å². The van der Waals surface area contributed by atoms with Crippen molar-refractivity contribution >= 4 is 39.1 Å². The summed E-state index contributed by atoms with van der Waals surface area (Å²) in [5, 5.41) is 6.07. The highest BCUT2D eigenvalue weighted by Crippen LogP contribution is 2.23. The first-order valence-corrected chi connectivity index (χ1v) is 7.21. The molecule has 0 fully saturated rings. The predicted molar refractivity (Wildman–Crippen MR) is 85.9 cm³/mol. The van der Waals surface area contributed by atoms with Crippen molar-refractivity contribution in [2.75, 3.05) is 5.32 Å². The van der Waals surface area contributed by atoms with Crippen LogP contribution in [0.15, 0.2) is 66.1 Å². The van der Waals surface area contributed by atoms with Gasteiger partial charge in [-0.15, -0.1) is 11.3 Å². The molecular weight excluding hydrogens is 266 g/mol. The highest BCUT2D eigenvalue weighted by Gasteiger charge is 2.00. The Bertz CT molecular complexity index is 759. The Morgan fingerprint density at radius 3 is 2.75 bits per heavy atom. The number of fused-ring (bicyclic) bond motifs is 1. The van der Waals surface area contributed by atoms with Gasteiger partial charge in [-0.3, -0.25) is 4.79 Å². The molecule has 1 heterocycles. The Labute approximate surface area is 121 Å². The van der Waals surface area contributed by atoms with Gasteiger partial charge in [-0.25, -0.2) is 0 Å². The molecule has 0 atom stereocenters. The normalized spacial score (nSPS) is 11.0. The molecule has 3 aromatic rings. The van der Waals surface area contributed by atoms with E-state index in [2.05, 4.69) is 11.4 Å². The maximum atomic E-state index is 11.9. The van der Waals surface area contributed by atoms with Gasteiger partial charge < -0.3 is 5.32 Å². The Morgan fingerprint density at radius 1 is 1.05 bits per heavy atom. The molecule has 1 amide bonds. The molecule has 2 aromatic carbocycles. The Hall–Kier alpha value is -2.39. The summed E-state index contributed by atoms with van der Waals surface area (Å²) < 4.78 is 1.22. The van der Waals surface area contributed by atoms with Crippen LogP contribution in [0, 0.1) is 0 Å². The maximum absolute atomic E-state index is 11.9. The molecule has 0 unspecified atom stereocenters. The highest BCUT2D eigenvalue weighted by atomic mass is 32.1. The summed E-state index contributed by atoms with van der Waals surface area (Å²) in [7, 11) is 0. The molecule has 1 aromatic heterocycles. The van der Waals surface area contributed by atoms with Crippen molar-refractivity contribution in [2.24, 2.45) is 0 Å². The van der Waals surface area contributed by atoms with E-state index in [1.807, 2.05) is 53.9 Å². The highest BCUT2D eigenvalue weighted by molar-refractivity contribution is 7.17. The maximum Gasteiger partial charge on any atom is 0.248 e. The number of thiophene rings is 1. The second-order valence-corrected chi connectivity index (χ2v) is 5.35. The van der Waals surface area contributed by atoms with E-state index in [0.717, 1.165) is 16.6 Å². The fraction of sp³-hybridized carbons (Fsp3) is 0. The molecule has 0 aliphatic rings. The van der Waals surface area contributed by atoms with Crippen LogP contribution in [0.4, 0.5) is 5.69 Å². The summed E-state index contributed by atoms with van der Waals surface area (Å²) in [4.78, 5) is 11.9. The first-order chi connectivity index (χ1) is 9.81. The van der Waals surface area contributed by atoms with Crippen LogP contribution in [0.5, 0.6) is 0 Å². The number of hydrogen-bond acceptors (Lipinski definition) is 2. The number of hydrogen-bond donors (Lipinski definition) is 1. The third-order valence-corrected chi connectivity index (χ3v) is 3.84. The van der Waals surface area contributed by atoms with Crippen LogP contribution in [0.25, 0.3) is 16.2 Å². The molecule has 98 valence electrons. The smallest absolute Gasteiger partial charge is 0.248 e. The molecule has 0 saturated heterocycles. The second kappa shape index (κ2) is 5.72. The summed E-state index contributed by atoms with van der Waals surface area (Å²) in [5.41, 5.74) is 1.83. The lowest BCUT2D eigenvalue weighted by Gasteiger charge is -2.02. The molecule has 0 aliphatic heterocycles. The average Bonchev–Trinajstić information content (AvgIpc) is 2.94. The second-order valence-electron chi connectivity index (χ2n) is 4.41. The van der Waals surface area contributed by atoms with Crippen LogP contribution in [0.3, 0.4) is 0 Å². The van der Waals surface area contributed by atoms with Crippen molar-refractivity contribution in [3.05, 3.63) is 71.6 Å². The van der Waals surface area contributed by atoms with Gasteiger partial charge in [0.1, 0.15) is 0 Å². The Kier molecular flexibility index (Phi) is 3.61. The van der Waals surface area contributed by atoms with Crippen LogP contribution in [0.1, 0.15) is 5.56 Å². The minimum Gasteiger partial charge on any atom is -0.322 e. The monoisotopic (exact) mass is 279 g/mol. The van der Waals surface area contributed by atoms with Gasteiger partial charge in [-0.05, 0) is 46.7 Å². The van der Waals surface area contributed by atoms with Crippen LogP contribution in [0.2, 0.25) is 0 Å². The molecule has 0 aliphatic carbocycles. The van der Waals surface area contributed by atoms with Gasteiger partial charge in [0.15, 0.2) is 0 Å². The zero-order valence-electron chi connectivity index (χ0n) is 10.7. The number of amides is 1. The third-order valence-electron chi connectivity index (χ3n) is 2.95. The van der Waals surface area contributed by atoms with Crippen LogP contribution >= 0.6 is 11.3 Å². The van der Waals surface area contributed by atoms with Gasteiger partial charge in [0.25, 0.3) is 0 Å². The SMILES string of the molecule is O=C(/C=C/c1ccccc1)Nc1ccc2sccc2c1. The van der Waals surface area contributed by atoms with Crippen molar-refractivity contribution in [3.8, 4) is 0 Å². The van der Waals surface area contributed by atoms with Crippen molar-refractivity contribution in [2.45, 2.75) is 0 Å². The van der Waals surface area contributed by atoms with Crippen LogP contribution in [-0.4, -0.2) is 5.91 Å². The first kappa shape index (κ1) is 12.6. The molecule has 2 nitrogen and oxygen atoms in total. The zero-order chi connectivity index (χ0) is 13.8. The van der Waals surface area contributed by atoms with E-state index >= 15 is 0 Å². The Balaban J connectivity index is 1.70. The van der Waals surface area contributed by atoms with Crippen LogP contribution in [-0.2, 0) is 4.79 Å². The summed E-state index contributed by atoms with van der Waals surface area (Å²) in [6.45, 7) is 0. The average molecular weight is 279 g/mol. The lowest BCUT2D eigenvalue weighted by atomic mass is 10.2. The van der Waals surface area contributed by atoms with Crippen molar-refractivity contribution in [1.29, 1.82) is 0 Å². The van der Waals surface area contributed by atoms with Crippen LogP contribution < -0.4 is 5.32 Å². The fourth-order valence-electron chi connectivity index (χ4n) is 1.96. The van der Waals surface area contributed by atoms with Crippen molar-refractivity contribution in [1.82, 2.24) is 0 Å².